The van der Waals surface area contributed by atoms with E-state index in [1.54, 1.807) is 30.3 Å². The highest BCUT2D eigenvalue weighted by Gasteiger charge is 2.22. The third-order valence-corrected chi connectivity index (χ3v) is 6.33. The molecular weight excluding hydrogens is 457 g/mol. The van der Waals surface area contributed by atoms with Crippen LogP contribution in [-0.4, -0.2) is 60.2 Å². The van der Waals surface area contributed by atoms with Crippen LogP contribution >= 0.6 is 11.3 Å². The fourth-order valence-corrected chi connectivity index (χ4v) is 4.57. The van der Waals surface area contributed by atoms with Crippen molar-refractivity contribution in [2.24, 2.45) is 0 Å². The van der Waals surface area contributed by atoms with E-state index in [-0.39, 0.29) is 12.1 Å². The van der Waals surface area contributed by atoms with Crippen molar-refractivity contribution in [2.75, 3.05) is 38.2 Å². The van der Waals surface area contributed by atoms with Crippen molar-refractivity contribution in [1.29, 1.82) is 0 Å². The number of benzene rings is 2. The summed E-state index contributed by atoms with van der Waals surface area (Å²) in [4.78, 5) is 32.2. The summed E-state index contributed by atoms with van der Waals surface area (Å²) >= 11 is 1.37. The lowest BCUT2D eigenvalue weighted by atomic mass is 10.1. The van der Waals surface area contributed by atoms with Crippen molar-refractivity contribution in [3.8, 4) is 16.2 Å². The third-order valence-electron chi connectivity index (χ3n) is 5.26. The van der Waals surface area contributed by atoms with Crippen molar-refractivity contribution in [2.45, 2.75) is 20.8 Å². The molecule has 1 aromatic heterocycles. The molecule has 0 aliphatic carbocycles. The van der Waals surface area contributed by atoms with Gasteiger partial charge in [-0.2, -0.15) is 0 Å². The third kappa shape index (κ3) is 5.98. The second kappa shape index (κ2) is 11.2. The summed E-state index contributed by atoms with van der Waals surface area (Å²) in [6.07, 6.45) is 1.72. The molecule has 1 heterocycles. The smallest absolute Gasteiger partial charge is 0.317 e. The number of rotatable bonds is 10. The van der Waals surface area contributed by atoms with E-state index in [2.05, 4.69) is 4.98 Å². The van der Waals surface area contributed by atoms with E-state index in [4.69, 9.17) is 9.84 Å². The summed E-state index contributed by atoms with van der Waals surface area (Å²) in [5.41, 5.74) is 2.85. The van der Waals surface area contributed by atoms with Crippen LogP contribution in [0.4, 0.5) is 9.52 Å². The predicted octanol–water partition coefficient (Wildman–Crippen LogP) is 4.63. The molecule has 3 rings (SSSR count). The molecule has 0 radical (unpaired) electrons. The molecule has 180 valence electrons. The molecule has 0 aliphatic heterocycles. The maximum Gasteiger partial charge on any atom is 0.317 e. The van der Waals surface area contributed by atoms with Crippen LogP contribution in [-0.2, 0) is 4.79 Å². The van der Waals surface area contributed by atoms with E-state index >= 15 is 0 Å². The minimum atomic E-state index is -0.875. The Morgan fingerprint density at radius 1 is 1.18 bits per heavy atom. The van der Waals surface area contributed by atoms with Gasteiger partial charge in [0.2, 0.25) is 0 Å². The van der Waals surface area contributed by atoms with E-state index in [0.29, 0.717) is 24.8 Å². The van der Waals surface area contributed by atoms with Gasteiger partial charge >= 0.3 is 5.97 Å². The van der Waals surface area contributed by atoms with Crippen molar-refractivity contribution in [1.82, 2.24) is 9.88 Å². The van der Waals surface area contributed by atoms with Gasteiger partial charge in [-0.1, -0.05) is 23.5 Å². The Morgan fingerprint density at radius 2 is 1.85 bits per heavy atom. The number of ether oxygens (including phenoxy) is 1. The number of amides is 1. The van der Waals surface area contributed by atoms with Crippen LogP contribution < -0.4 is 9.64 Å². The van der Waals surface area contributed by atoms with Crippen LogP contribution in [0.2, 0.25) is 0 Å². The van der Waals surface area contributed by atoms with Gasteiger partial charge in [-0.3, -0.25) is 19.4 Å². The summed E-state index contributed by atoms with van der Waals surface area (Å²) in [6.45, 7) is 6.92. The van der Waals surface area contributed by atoms with Crippen LogP contribution in [0.1, 0.15) is 28.4 Å². The van der Waals surface area contributed by atoms with Crippen molar-refractivity contribution < 1.29 is 23.8 Å². The quantitative estimate of drug-likeness (QED) is 0.451. The highest BCUT2D eigenvalue weighted by Crippen LogP contribution is 2.36. The molecule has 0 aliphatic rings. The zero-order valence-electron chi connectivity index (χ0n) is 19.7. The van der Waals surface area contributed by atoms with Crippen LogP contribution in [0, 0.1) is 19.7 Å². The molecule has 34 heavy (non-hydrogen) atoms. The largest absolute Gasteiger partial charge is 0.492 e. The normalized spacial score (nSPS) is 11.0. The summed E-state index contributed by atoms with van der Waals surface area (Å²) in [5.74, 6) is -1.09. The number of likely N-dealkylation sites (N-methyl/N-ethyl adjacent to an activating group) is 1. The number of carbonyl (C=O) groups is 2. The molecule has 0 fully saturated rings. The Balaban J connectivity index is 1.76. The summed E-state index contributed by atoms with van der Waals surface area (Å²) in [5, 5.41) is 9.36. The minimum Gasteiger partial charge on any atom is -0.492 e. The molecule has 0 saturated heterocycles. The Morgan fingerprint density at radius 3 is 2.47 bits per heavy atom. The predicted molar refractivity (Wildman–Crippen MR) is 131 cm³/mol. The highest BCUT2D eigenvalue weighted by atomic mass is 32.1. The first-order valence-electron chi connectivity index (χ1n) is 10.9. The molecule has 0 saturated carbocycles. The Labute approximate surface area is 202 Å². The highest BCUT2D eigenvalue weighted by molar-refractivity contribution is 7.19. The van der Waals surface area contributed by atoms with Gasteiger partial charge in [-0.25, -0.2) is 9.37 Å². The van der Waals surface area contributed by atoms with Crippen LogP contribution in [0.15, 0.2) is 42.6 Å². The number of carboxylic acids is 1. The first kappa shape index (κ1) is 25.3. The van der Waals surface area contributed by atoms with E-state index in [1.807, 2.05) is 32.9 Å². The average Bonchev–Trinajstić information content (AvgIpc) is 3.25. The SMILES string of the molecule is CCN(C(=O)c1ccccc1F)c1ncc(-c2cc(C)c(OCCN(C)CC(=O)O)c(C)c2)s1. The Kier molecular flexibility index (Phi) is 8.36. The van der Waals surface area contributed by atoms with Crippen molar-refractivity contribution in [3.05, 3.63) is 65.1 Å². The number of nitrogens with zero attached hydrogens (tertiary/aromatic N) is 3. The number of aryl methyl sites for hydroxylation is 2. The molecule has 3 aromatic rings. The number of carboxylic acid groups (broad SMARTS) is 1. The standard InChI is InChI=1S/C25H28FN3O4S/c1-5-29(24(32)19-8-6-7-9-20(19)26)25-27-14-21(34-25)18-12-16(2)23(17(3)13-18)33-11-10-28(4)15-22(30)31/h6-9,12-14H,5,10-11,15H2,1-4H3,(H,30,31). The van der Waals surface area contributed by atoms with Gasteiger partial charge in [-0.05, 0) is 68.8 Å². The first-order chi connectivity index (χ1) is 16.2. The summed E-state index contributed by atoms with van der Waals surface area (Å²) < 4.78 is 20.1. The van der Waals surface area contributed by atoms with E-state index < -0.39 is 17.7 Å². The number of anilines is 1. The molecule has 2 aromatic carbocycles. The molecule has 0 atom stereocenters. The molecule has 0 unspecified atom stereocenters. The van der Waals surface area contributed by atoms with Gasteiger partial charge in [0.1, 0.15) is 18.2 Å². The first-order valence-corrected chi connectivity index (χ1v) is 11.7. The topological polar surface area (TPSA) is 83.0 Å². The fourth-order valence-electron chi connectivity index (χ4n) is 3.60. The Hall–Kier alpha value is -3.30. The van der Waals surface area contributed by atoms with E-state index in [1.165, 1.54) is 28.4 Å². The van der Waals surface area contributed by atoms with Gasteiger partial charge in [0, 0.05) is 19.3 Å². The maximum atomic E-state index is 14.1. The number of aromatic nitrogens is 1. The van der Waals surface area contributed by atoms with Crippen molar-refractivity contribution >= 4 is 28.3 Å². The molecule has 7 nitrogen and oxygen atoms in total. The number of thiazole rings is 1. The number of aliphatic carboxylic acids is 1. The van der Waals surface area contributed by atoms with E-state index in [0.717, 1.165) is 27.3 Å². The average molecular weight is 486 g/mol. The maximum absolute atomic E-state index is 14.1. The Bertz CT molecular complexity index is 1160. The van der Waals surface area contributed by atoms with Crippen LogP contribution in [0.25, 0.3) is 10.4 Å². The zero-order valence-corrected chi connectivity index (χ0v) is 20.5. The number of halogens is 1. The van der Waals surface area contributed by atoms with Gasteiger partial charge in [0.25, 0.3) is 5.91 Å². The zero-order chi connectivity index (χ0) is 24.8. The molecule has 0 spiro atoms. The summed E-state index contributed by atoms with van der Waals surface area (Å²) in [6, 6.07) is 9.92. The van der Waals surface area contributed by atoms with Gasteiger partial charge in [-0.15, -0.1) is 0 Å². The molecular formula is C25H28FN3O4S. The van der Waals surface area contributed by atoms with Crippen LogP contribution in [0.5, 0.6) is 5.75 Å². The van der Waals surface area contributed by atoms with Gasteiger partial charge in [0.05, 0.1) is 17.0 Å². The number of carbonyl (C=O) groups excluding carboxylic acids is 1. The van der Waals surface area contributed by atoms with Gasteiger partial charge in [0.15, 0.2) is 5.13 Å². The molecule has 1 amide bonds. The fraction of sp³-hybridized carbons (Fsp3) is 0.320. The lowest BCUT2D eigenvalue weighted by molar-refractivity contribution is -0.138. The van der Waals surface area contributed by atoms with Gasteiger partial charge < -0.3 is 9.84 Å². The number of hydrogen-bond donors (Lipinski definition) is 1. The monoisotopic (exact) mass is 485 g/mol. The molecule has 0 bridgehead atoms. The van der Waals surface area contributed by atoms with Crippen LogP contribution in [0.3, 0.4) is 0 Å². The van der Waals surface area contributed by atoms with Crippen molar-refractivity contribution in [3.63, 3.8) is 0 Å². The minimum absolute atomic E-state index is 0.0169. The lowest BCUT2D eigenvalue weighted by Gasteiger charge is -2.18. The van der Waals surface area contributed by atoms with E-state index in [9.17, 15) is 14.0 Å². The second-order valence-corrected chi connectivity index (χ2v) is 8.96. The second-order valence-electron chi connectivity index (χ2n) is 7.96. The number of hydrogen-bond acceptors (Lipinski definition) is 6. The molecule has 9 heteroatoms. The lowest BCUT2D eigenvalue weighted by Crippen LogP contribution is -2.31. The molecule has 1 N–H and O–H groups in total. The summed E-state index contributed by atoms with van der Waals surface area (Å²) in [7, 11) is 1.73.